The summed E-state index contributed by atoms with van der Waals surface area (Å²) >= 11 is 0. The molecule has 122 valence electrons. The molecule has 1 aliphatic rings. The van der Waals surface area contributed by atoms with E-state index in [1.54, 1.807) is 18.3 Å². The Balaban J connectivity index is 1.47. The molecule has 1 aromatic carbocycles. The Morgan fingerprint density at radius 2 is 2.17 bits per heavy atom. The molecule has 1 amide bonds. The molecule has 5 nitrogen and oxygen atoms in total. The Morgan fingerprint density at radius 3 is 2.91 bits per heavy atom. The van der Waals surface area contributed by atoms with E-state index in [-0.39, 0.29) is 11.7 Å². The van der Waals surface area contributed by atoms with Gasteiger partial charge < -0.3 is 9.64 Å². The van der Waals surface area contributed by atoms with Crippen LogP contribution in [0.4, 0.5) is 4.39 Å². The number of carbonyl (C=O) groups excluding carboxylic acids is 1. The van der Waals surface area contributed by atoms with Gasteiger partial charge in [-0.1, -0.05) is 0 Å². The lowest BCUT2D eigenvalue weighted by Gasteiger charge is -2.32. The number of amides is 1. The molecule has 1 N–H and O–H groups in total. The molecular weight excluding hydrogens is 297 g/mol. The second-order valence-electron chi connectivity index (χ2n) is 5.74. The van der Waals surface area contributed by atoms with Crippen molar-refractivity contribution in [1.82, 2.24) is 15.1 Å². The Morgan fingerprint density at radius 1 is 1.35 bits per heavy atom. The number of hydrogen-bond donors (Lipinski definition) is 1. The molecule has 1 saturated heterocycles. The lowest BCUT2D eigenvalue weighted by Crippen LogP contribution is -2.39. The van der Waals surface area contributed by atoms with Crippen LogP contribution in [0.1, 0.15) is 30.9 Å². The summed E-state index contributed by atoms with van der Waals surface area (Å²) in [6.45, 7) is 1.81. The summed E-state index contributed by atoms with van der Waals surface area (Å²) in [5.41, 5.74) is 1.09. The van der Waals surface area contributed by atoms with E-state index in [1.165, 1.54) is 12.1 Å². The van der Waals surface area contributed by atoms with Crippen molar-refractivity contribution in [3.8, 4) is 5.75 Å². The number of aromatic amines is 1. The first-order valence-electron chi connectivity index (χ1n) is 7.88. The summed E-state index contributed by atoms with van der Waals surface area (Å²) in [5, 5.41) is 6.97. The van der Waals surface area contributed by atoms with Gasteiger partial charge in [0, 0.05) is 30.9 Å². The minimum atomic E-state index is -0.299. The van der Waals surface area contributed by atoms with E-state index in [9.17, 15) is 9.18 Å². The number of H-pyrrole nitrogens is 1. The Bertz CT molecular complexity index is 628. The van der Waals surface area contributed by atoms with Gasteiger partial charge in [0.1, 0.15) is 11.6 Å². The lowest BCUT2D eigenvalue weighted by atomic mass is 9.95. The number of halogens is 1. The molecule has 1 aromatic heterocycles. The molecule has 2 heterocycles. The Labute approximate surface area is 134 Å². The molecular formula is C17H20FN3O2. The quantitative estimate of drug-likeness (QED) is 0.922. The van der Waals surface area contributed by atoms with Gasteiger partial charge in [0.15, 0.2) is 0 Å². The average molecular weight is 317 g/mol. The van der Waals surface area contributed by atoms with E-state index in [1.807, 2.05) is 11.0 Å². The van der Waals surface area contributed by atoms with E-state index in [2.05, 4.69) is 10.2 Å². The van der Waals surface area contributed by atoms with Crippen molar-refractivity contribution in [3.63, 3.8) is 0 Å². The van der Waals surface area contributed by atoms with Gasteiger partial charge in [-0.25, -0.2) is 4.39 Å². The maximum atomic E-state index is 12.8. The second-order valence-corrected chi connectivity index (χ2v) is 5.74. The van der Waals surface area contributed by atoms with E-state index < -0.39 is 0 Å². The normalized spacial score (nSPS) is 18.0. The highest BCUT2D eigenvalue weighted by Gasteiger charge is 2.25. The van der Waals surface area contributed by atoms with Crippen LogP contribution in [-0.4, -0.2) is 40.7 Å². The zero-order valence-corrected chi connectivity index (χ0v) is 12.9. The SMILES string of the molecule is O=C(CCOc1ccc(F)cc1)N1CCCC(c2ccn[nH]2)C1. The number of benzene rings is 1. The molecule has 1 unspecified atom stereocenters. The van der Waals surface area contributed by atoms with Gasteiger partial charge in [-0.15, -0.1) is 0 Å². The van der Waals surface area contributed by atoms with Crippen molar-refractivity contribution in [1.29, 1.82) is 0 Å². The van der Waals surface area contributed by atoms with Gasteiger partial charge in [0.05, 0.1) is 13.0 Å². The number of likely N-dealkylation sites (tertiary alicyclic amines) is 1. The molecule has 6 heteroatoms. The van der Waals surface area contributed by atoms with Crippen LogP contribution in [0.3, 0.4) is 0 Å². The first-order chi connectivity index (χ1) is 11.2. The van der Waals surface area contributed by atoms with Gasteiger partial charge in [-0.2, -0.15) is 5.10 Å². The summed E-state index contributed by atoms with van der Waals surface area (Å²) in [6.07, 6.45) is 4.13. The van der Waals surface area contributed by atoms with Crippen LogP contribution in [0.5, 0.6) is 5.75 Å². The van der Waals surface area contributed by atoms with Gasteiger partial charge in [0.2, 0.25) is 5.91 Å². The molecule has 1 fully saturated rings. The monoisotopic (exact) mass is 317 g/mol. The van der Waals surface area contributed by atoms with Gasteiger partial charge >= 0.3 is 0 Å². The predicted molar refractivity (Wildman–Crippen MR) is 83.7 cm³/mol. The third-order valence-corrected chi connectivity index (χ3v) is 4.13. The molecule has 0 radical (unpaired) electrons. The zero-order chi connectivity index (χ0) is 16.1. The first-order valence-corrected chi connectivity index (χ1v) is 7.88. The molecule has 0 bridgehead atoms. The Hall–Kier alpha value is -2.37. The van der Waals surface area contributed by atoms with Crippen molar-refractivity contribution < 1.29 is 13.9 Å². The number of aromatic nitrogens is 2. The fraction of sp³-hybridized carbons (Fsp3) is 0.412. The molecule has 0 saturated carbocycles. The molecule has 2 aromatic rings. The average Bonchev–Trinajstić information content (AvgIpc) is 3.11. The van der Waals surface area contributed by atoms with Gasteiger partial charge in [-0.05, 0) is 43.2 Å². The molecule has 1 atom stereocenters. The number of nitrogens with one attached hydrogen (secondary N) is 1. The number of piperidine rings is 1. The van der Waals surface area contributed by atoms with Crippen LogP contribution < -0.4 is 4.74 Å². The van der Waals surface area contributed by atoms with E-state index in [0.29, 0.717) is 24.7 Å². The predicted octanol–water partition coefficient (Wildman–Crippen LogP) is 2.72. The third kappa shape index (κ3) is 4.09. The van der Waals surface area contributed by atoms with Crippen molar-refractivity contribution >= 4 is 5.91 Å². The number of carbonyl (C=O) groups is 1. The summed E-state index contributed by atoms with van der Waals surface area (Å²) in [6, 6.07) is 7.79. The number of nitrogens with zero attached hydrogens (tertiary/aromatic N) is 2. The van der Waals surface area contributed by atoms with E-state index in [0.717, 1.165) is 31.6 Å². The Kier molecular flexibility index (Phi) is 4.90. The summed E-state index contributed by atoms with van der Waals surface area (Å²) in [7, 11) is 0. The highest BCUT2D eigenvalue weighted by atomic mass is 19.1. The minimum absolute atomic E-state index is 0.0938. The van der Waals surface area contributed by atoms with Crippen LogP contribution in [0.25, 0.3) is 0 Å². The summed E-state index contributed by atoms with van der Waals surface area (Å²) in [4.78, 5) is 14.2. The molecule has 0 spiro atoms. The smallest absolute Gasteiger partial charge is 0.226 e. The van der Waals surface area contributed by atoms with E-state index in [4.69, 9.17) is 4.74 Å². The minimum Gasteiger partial charge on any atom is -0.493 e. The fourth-order valence-electron chi connectivity index (χ4n) is 2.90. The number of rotatable bonds is 5. The van der Waals surface area contributed by atoms with Crippen molar-refractivity contribution in [3.05, 3.63) is 48.0 Å². The molecule has 1 aliphatic heterocycles. The molecule has 23 heavy (non-hydrogen) atoms. The first kappa shape index (κ1) is 15.5. The highest BCUT2D eigenvalue weighted by molar-refractivity contribution is 5.76. The van der Waals surface area contributed by atoms with Crippen LogP contribution in [0, 0.1) is 5.82 Å². The van der Waals surface area contributed by atoms with Crippen LogP contribution in [-0.2, 0) is 4.79 Å². The van der Waals surface area contributed by atoms with Gasteiger partial charge in [-0.3, -0.25) is 9.89 Å². The largest absolute Gasteiger partial charge is 0.493 e. The number of ether oxygens (including phenoxy) is 1. The van der Waals surface area contributed by atoms with Crippen LogP contribution >= 0.6 is 0 Å². The highest BCUT2D eigenvalue weighted by Crippen LogP contribution is 2.25. The van der Waals surface area contributed by atoms with Crippen LogP contribution in [0.2, 0.25) is 0 Å². The summed E-state index contributed by atoms with van der Waals surface area (Å²) in [5.74, 6) is 0.698. The second kappa shape index (κ2) is 7.26. The third-order valence-electron chi connectivity index (χ3n) is 4.13. The number of hydrogen-bond acceptors (Lipinski definition) is 3. The van der Waals surface area contributed by atoms with Crippen LogP contribution in [0.15, 0.2) is 36.5 Å². The van der Waals surface area contributed by atoms with Crippen molar-refractivity contribution in [2.45, 2.75) is 25.2 Å². The molecule has 3 rings (SSSR count). The van der Waals surface area contributed by atoms with Crippen molar-refractivity contribution in [2.24, 2.45) is 0 Å². The topological polar surface area (TPSA) is 58.2 Å². The van der Waals surface area contributed by atoms with Crippen molar-refractivity contribution in [2.75, 3.05) is 19.7 Å². The zero-order valence-electron chi connectivity index (χ0n) is 12.9. The maximum Gasteiger partial charge on any atom is 0.226 e. The van der Waals surface area contributed by atoms with Gasteiger partial charge in [0.25, 0.3) is 0 Å². The lowest BCUT2D eigenvalue weighted by molar-refractivity contribution is -0.132. The summed E-state index contributed by atoms with van der Waals surface area (Å²) < 4.78 is 18.3. The fourth-order valence-corrected chi connectivity index (χ4v) is 2.90. The maximum absolute atomic E-state index is 12.8. The molecule has 0 aliphatic carbocycles. The standard InChI is InChI=1S/C17H20FN3O2/c18-14-3-5-15(6-4-14)23-11-8-17(22)21-10-1-2-13(12-21)16-7-9-19-20-16/h3-7,9,13H,1-2,8,10-12H2,(H,19,20). The van der Waals surface area contributed by atoms with E-state index >= 15 is 0 Å².